The van der Waals surface area contributed by atoms with E-state index in [0.717, 1.165) is 11.1 Å². The molecule has 0 aliphatic heterocycles. The lowest BCUT2D eigenvalue weighted by atomic mass is 9.86. The fourth-order valence-corrected chi connectivity index (χ4v) is 3.33. The topological polar surface area (TPSA) is 100 Å². The number of nitrogens with one attached hydrogen (secondary N) is 1. The SMILES string of the molecule is Cc1[nH]c(=O)c(C#N)c(C)c1CCC(=O)O[C@H](C)C(=O)c1ccc(C(C)(C)C)cc1. The highest BCUT2D eigenvalue weighted by Crippen LogP contribution is 2.23. The number of nitriles is 1. The normalized spacial score (nSPS) is 12.2. The molecule has 6 heteroatoms. The maximum absolute atomic E-state index is 12.6. The number of carbonyl (C=O) groups excluding carboxylic acids is 2. The number of pyridine rings is 1. The summed E-state index contributed by atoms with van der Waals surface area (Å²) in [5, 5.41) is 9.14. The third-order valence-corrected chi connectivity index (χ3v) is 5.21. The summed E-state index contributed by atoms with van der Waals surface area (Å²) in [4.78, 5) is 39.3. The summed E-state index contributed by atoms with van der Waals surface area (Å²) < 4.78 is 5.32. The van der Waals surface area contributed by atoms with Crippen LogP contribution in [0.4, 0.5) is 0 Å². The van der Waals surface area contributed by atoms with Crippen molar-refractivity contribution in [3.05, 3.63) is 68.1 Å². The van der Waals surface area contributed by atoms with Crippen LogP contribution in [0.1, 0.15) is 72.4 Å². The molecule has 2 rings (SSSR count). The zero-order chi connectivity index (χ0) is 22.6. The molecule has 0 spiro atoms. The van der Waals surface area contributed by atoms with Gasteiger partial charge in [-0.25, -0.2) is 0 Å². The highest BCUT2D eigenvalue weighted by Gasteiger charge is 2.21. The number of hydrogen-bond acceptors (Lipinski definition) is 5. The molecule has 1 atom stereocenters. The standard InChI is InChI=1S/C24H28N2O4/c1-14-19(15(2)26-23(29)20(14)13-25)11-12-21(27)30-16(3)22(28)17-7-9-18(10-8-17)24(4,5)6/h7-10,16H,11-12H2,1-6H3,(H,26,29)/t16-/m1/s1. The van der Waals surface area contributed by atoms with Crippen molar-refractivity contribution in [2.24, 2.45) is 0 Å². The third-order valence-electron chi connectivity index (χ3n) is 5.21. The molecule has 0 amide bonds. The molecule has 1 N–H and O–H groups in total. The van der Waals surface area contributed by atoms with Crippen LogP contribution in [0.15, 0.2) is 29.1 Å². The first-order chi connectivity index (χ1) is 14.0. The average Bonchev–Trinajstić information content (AvgIpc) is 2.66. The number of rotatable bonds is 6. The van der Waals surface area contributed by atoms with E-state index in [9.17, 15) is 14.4 Å². The van der Waals surface area contributed by atoms with E-state index in [4.69, 9.17) is 10.00 Å². The van der Waals surface area contributed by atoms with Crippen molar-refractivity contribution in [3.63, 3.8) is 0 Å². The first-order valence-electron chi connectivity index (χ1n) is 9.92. The molecule has 2 aromatic rings. The molecule has 1 aromatic heterocycles. The van der Waals surface area contributed by atoms with Gasteiger partial charge in [0.1, 0.15) is 11.6 Å². The van der Waals surface area contributed by atoms with Gasteiger partial charge in [0.15, 0.2) is 6.10 Å². The van der Waals surface area contributed by atoms with Gasteiger partial charge >= 0.3 is 5.97 Å². The summed E-state index contributed by atoms with van der Waals surface area (Å²) in [5.74, 6) is -0.766. The van der Waals surface area contributed by atoms with Crippen LogP contribution in [0, 0.1) is 25.2 Å². The fourth-order valence-electron chi connectivity index (χ4n) is 3.33. The quantitative estimate of drug-likeness (QED) is 0.577. The van der Waals surface area contributed by atoms with Crippen molar-refractivity contribution in [1.82, 2.24) is 4.98 Å². The van der Waals surface area contributed by atoms with Gasteiger partial charge in [0.25, 0.3) is 5.56 Å². The van der Waals surface area contributed by atoms with Crippen LogP contribution in [-0.4, -0.2) is 22.8 Å². The first kappa shape index (κ1) is 23.1. The molecule has 1 aromatic carbocycles. The number of benzene rings is 1. The van der Waals surface area contributed by atoms with Gasteiger partial charge in [-0.3, -0.25) is 14.4 Å². The summed E-state index contributed by atoms with van der Waals surface area (Å²) in [5.41, 5.74) is 3.13. The first-order valence-corrected chi connectivity index (χ1v) is 9.92. The van der Waals surface area contributed by atoms with E-state index in [0.29, 0.717) is 23.2 Å². The smallest absolute Gasteiger partial charge is 0.306 e. The number of ether oxygens (including phenoxy) is 1. The van der Waals surface area contributed by atoms with Crippen LogP contribution < -0.4 is 5.56 Å². The van der Waals surface area contributed by atoms with Crippen molar-refractivity contribution in [1.29, 1.82) is 5.26 Å². The number of H-pyrrole nitrogens is 1. The van der Waals surface area contributed by atoms with Crippen LogP contribution in [0.2, 0.25) is 0 Å². The third kappa shape index (κ3) is 5.24. The Labute approximate surface area is 176 Å². The van der Waals surface area contributed by atoms with Gasteiger partial charge in [0.05, 0.1) is 0 Å². The Hall–Kier alpha value is -3.20. The van der Waals surface area contributed by atoms with Gasteiger partial charge in [0, 0.05) is 17.7 Å². The molecule has 30 heavy (non-hydrogen) atoms. The van der Waals surface area contributed by atoms with E-state index in [1.807, 2.05) is 18.2 Å². The minimum atomic E-state index is -0.898. The van der Waals surface area contributed by atoms with Crippen LogP contribution >= 0.6 is 0 Å². The number of ketones is 1. The Morgan fingerprint density at radius 3 is 2.30 bits per heavy atom. The second-order valence-electron chi connectivity index (χ2n) is 8.49. The molecular formula is C24H28N2O4. The Morgan fingerprint density at radius 2 is 1.77 bits per heavy atom. The number of carbonyl (C=O) groups is 2. The number of Topliss-reactive ketones (excluding diaryl/α,β-unsaturated/α-hetero) is 1. The molecule has 0 saturated heterocycles. The molecule has 0 radical (unpaired) electrons. The zero-order valence-corrected chi connectivity index (χ0v) is 18.4. The summed E-state index contributed by atoms with van der Waals surface area (Å²) in [7, 11) is 0. The minimum absolute atomic E-state index is 0.0109. The second-order valence-corrected chi connectivity index (χ2v) is 8.49. The molecule has 0 saturated carbocycles. The Kier molecular flexibility index (Phi) is 6.99. The molecule has 158 valence electrons. The number of aromatic nitrogens is 1. The number of hydrogen-bond donors (Lipinski definition) is 1. The summed E-state index contributed by atoms with van der Waals surface area (Å²) in [6.45, 7) is 11.3. The molecule has 0 unspecified atom stereocenters. The average molecular weight is 408 g/mol. The summed E-state index contributed by atoms with van der Waals surface area (Å²) >= 11 is 0. The van der Waals surface area contributed by atoms with E-state index in [1.165, 1.54) is 0 Å². The van der Waals surface area contributed by atoms with E-state index in [-0.39, 0.29) is 23.2 Å². The highest BCUT2D eigenvalue weighted by molar-refractivity contribution is 6.00. The van der Waals surface area contributed by atoms with E-state index in [1.54, 1.807) is 32.9 Å². The number of esters is 1. The fraction of sp³-hybridized carbons (Fsp3) is 0.417. The van der Waals surface area contributed by atoms with Gasteiger partial charge in [0.2, 0.25) is 5.78 Å². The molecular weight excluding hydrogens is 380 g/mol. The number of aryl methyl sites for hydroxylation is 1. The Bertz CT molecular complexity index is 1050. The Balaban J connectivity index is 2.02. The van der Waals surface area contributed by atoms with Crippen molar-refractivity contribution < 1.29 is 14.3 Å². The minimum Gasteiger partial charge on any atom is -0.454 e. The molecule has 6 nitrogen and oxygen atoms in total. The lowest BCUT2D eigenvalue weighted by molar-refractivity contribution is -0.146. The van der Waals surface area contributed by atoms with Gasteiger partial charge < -0.3 is 9.72 Å². The number of nitrogens with zero attached hydrogens (tertiary/aromatic N) is 1. The maximum Gasteiger partial charge on any atom is 0.306 e. The zero-order valence-electron chi connectivity index (χ0n) is 18.4. The van der Waals surface area contributed by atoms with Crippen molar-refractivity contribution in [2.45, 2.75) is 65.9 Å². The van der Waals surface area contributed by atoms with Crippen molar-refractivity contribution in [2.75, 3.05) is 0 Å². The summed E-state index contributed by atoms with van der Waals surface area (Å²) in [6, 6.07) is 9.23. The van der Waals surface area contributed by atoms with Gasteiger partial charge in [-0.15, -0.1) is 0 Å². The van der Waals surface area contributed by atoms with Crippen LogP contribution in [0.5, 0.6) is 0 Å². The molecule has 1 heterocycles. The predicted molar refractivity (Wildman–Crippen MR) is 115 cm³/mol. The summed E-state index contributed by atoms with van der Waals surface area (Å²) in [6.07, 6.45) is -0.548. The van der Waals surface area contributed by atoms with Crippen LogP contribution in [0.3, 0.4) is 0 Å². The van der Waals surface area contributed by atoms with Gasteiger partial charge in [-0.05, 0) is 49.3 Å². The lowest BCUT2D eigenvalue weighted by Crippen LogP contribution is -2.25. The molecule has 0 bridgehead atoms. The monoisotopic (exact) mass is 408 g/mol. The lowest BCUT2D eigenvalue weighted by Gasteiger charge is -2.19. The molecule has 0 aliphatic carbocycles. The molecule has 0 fully saturated rings. The van der Waals surface area contributed by atoms with Gasteiger partial charge in [-0.1, -0.05) is 45.0 Å². The van der Waals surface area contributed by atoms with Crippen molar-refractivity contribution in [3.8, 4) is 6.07 Å². The highest BCUT2D eigenvalue weighted by atomic mass is 16.5. The largest absolute Gasteiger partial charge is 0.454 e. The number of aromatic amines is 1. The predicted octanol–water partition coefficient (Wildman–Crippen LogP) is 3.91. The van der Waals surface area contributed by atoms with E-state index in [2.05, 4.69) is 25.8 Å². The van der Waals surface area contributed by atoms with E-state index < -0.39 is 17.6 Å². The van der Waals surface area contributed by atoms with Gasteiger partial charge in [-0.2, -0.15) is 5.26 Å². The van der Waals surface area contributed by atoms with Crippen molar-refractivity contribution >= 4 is 11.8 Å². The molecule has 0 aliphatic rings. The Morgan fingerprint density at radius 1 is 1.17 bits per heavy atom. The second kappa shape index (κ2) is 9.08. The van der Waals surface area contributed by atoms with Crippen LogP contribution in [-0.2, 0) is 21.4 Å². The van der Waals surface area contributed by atoms with Crippen LogP contribution in [0.25, 0.3) is 0 Å². The maximum atomic E-state index is 12.6. The van der Waals surface area contributed by atoms with E-state index >= 15 is 0 Å².